The van der Waals surface area contributed by atoms with Crippen molar-refractivity contribution in [2.45, 2.75) is 24.7 Å². The first-order valence-electron chi connectivity index (χ1n) is 20.9. The van der Waals surface area contributed by atoms with Crippen LogP contribution in [0.1, 0.15) is 47.2 Å². The van der Waals surface area contributed by atoms with Crippen molar-refractivity contribution in [2.24, 2.45) is 0 Å². The van der Waals surface area contributed by atoms with E-state index in [4.69, 9.17) is 4.42 Å². The Morgan fingerprint density at radius 2 is 0.867 bits per heavy atom. The average molecular weight is 768 g/mol. The Labute approximate surface area is 350 Å². The third-order valence-electron chi connectivity index (χ3n) is 13.4. The smallest absolute Gasteiger partial charge is 0.159 e. The molecule has 9 aromatic carbocycles. The predicted octanol–water partition coefficient (Wildman–Crippen LogP) is 15.4. The van der Waals surface area contributed by atoms with E-state index in [0.29, 0.717) is 0 Å². The molecule has 284 valence electrons. The Morgan fingerprint density at radius 3 is 1.55 bits per heavy atom. The van der Waals surface area contributed by atoms with Gasteiger partial charge in [-0.1, -0.05) is 184 Å². The van der Waals surface area contributed by atoms with Crippen molar-refractivity contribution in [3.05, 3.63) is 246 Å². The molecule has 2 aliphatic rings. The maximum Gasteiger partial charge on any atom is 0.159 e. The second kappa shape index (κ2) is 13.0. The van der Waals surface area contributed by atoms with Crippen LogP contribution in [0, 0.1) is 0 Å². The molecule has 60 heavy (non-hydrogen) atoms. The maximum atomic E-state index is 6.64. The fourth-order valence-electron chi connectivity index (χ4n) is 10.6. The molecule has 0 unspecified atom stereocenters. The van der Waals surface area contributed by atoms with Gasteiger partial charge in [0.05, 0.1) is 11.1 Å². The van der Waals surface area contributed by atoms with Crippen molar-refractivity contribution < 1.29 is 4.42 Å². The number of hydrogen-bond acceptors (Lipinski definition) is 2. The van der Waals surface area contributed by atoms with Gasteiger partial charge >= 0.3 is 0 Å². The Bertz CT molecular complexity index is 3230. The van der Waals surface area contributed by atoms with Crippen molar-refractivity contribution in [1.29, 1.82) is 0 Å². The van der Waals surface area contributed by atoms with Crippen LogP contribution in [0.2, 0.25) is 0 Å². The van der Waals surface area contributed by atoms with Gasteiger partial charge in [-0.05, 0) is 109 Å². The number of anilines is 3. The summed E-state index contributed by atoms with van der Waals surface area (Å²) >= 11 is 0. The average Bonchev–Trinajstić information content (AvgIpc) is 3.84. The quantitative estimate of drug-likeness (QED) is 0.173. The van der Waals surface area contributed by atoms with Crippen LogP contribution in [0.25, 0.3) is 55.3 Å². The number of furan rings is 1. The lowest BCUT2D eigenvalue weighted by molar-refractivity contribution is 0.563. The van der Waals surface area contributed by atoms with Gasteiger partial charge in [0.1, 0.15) is 5.58 Å². The molecular formula is C58H41NO. The number of para-hydroxylation sites is 2. The zero-order valence-electron chi connectivity index (χ0n) is 33.6. The van der Waals surface area contributed by atoms with E-state index in [0.717, 1.165) is 39.0 Å². The Morgan fingerprint density at radius 1 is 0.367 bits per heavy atom. The van der Waals surface area contributed by atoms with Gasteiger partial charge in [-0.3, -0.25) is 0 Å². The lowest BCUT2D eigenvalue weighted by Gasteiger charge is -2.46. The summed E-state index contributed by atoms with van der Waals surface area (Å²) in [6.45, 7) is 4.76. The highest BCUT2D eigenvalue weighted by Crippen LogP contribution is 2.62. The number of fused-ring (bicyclic) bond motifs is 12. The monoisotopic (exact) mass is 767 g/mol. The van der Waals surface area contributed by atoms with Crippen LogP contribution < -0.4 is 4.90 Å². The van der Waals surface area contributed by atoms with E-state index >= 15 is 0 Å². The van der Waals surface area contributed by atoms with E-state index in [1.54, 1.807) is 0 Å². The molecule has 0 atom stereocenters. The molecule has 10 aromatic rings. The summed E-state index contributed by atoms with van der Waals surface area (Å²) in [5.41, 5.74) is 19.9. The van der Waals surface area contributed by atoms with Crippen molar-refractivity contribution in [2.75, 3.05) is 4.90 Å². The lowest BCUT2D eigenvalue weighted by Crippen LogP contribution is -2.40. The molecule has 2 aliphatic carbocycles. The molecule has 1 heterocycles. The van der Waals surface area contributed by atoms with Crippen molar-refractivity contribution in [3.63, 3.8) is 0 Å². The van der Waals surface area contributed by atoms with Crippen LogP contribution in [0.15, 0.2) is 217 Å². The second-order valence-electron chi connectivity index (χ2n) is 16.8. The predicted molar refractivity (Wildman–Crippen MR) is 249 cm³/mol. The highest BCUT2D eigenvalue weighted by Gasteiger charge is 2.53. The molecule has 1 aromatic heterocycles. The van der Waals surface area contributed by atoms with Crippen molar-refractivity contribution in [3.8, 4) is 33.4 Å². The van der Waals surface area contributed by atoms with E-state index in [1.807, 2.05) is 6.07 Å². The summed E-state index contributed by atoms with van der Waals surface area (Å²) < 4.78 is 6.64. The van der Waals surface area contributed by atoms with Gasteiger partial charge in [-0.15, -0.1) is 0 Å². The Balaban J connectivity index is 1.01. The molecule has 12 rings (SSSR count). The normalized spacial score (nSPS) is 14.1. The van der Waals surface area contributed by atoms with Gasteiger partial charge in [0, 0.05) is 27.6 Å². The third-order valence-corrected chi connectivity index (χ3v) is 13.4. The van der Waals surface area contributed by atoms with Crippen LogP contribution in [-0.2, 0) is 10.8 Å². The molecule has 0 amide bonds. The highest BCUT2D eigenvalue weighted by atomic mass is 16.3. The van der Waals surface area contributed by atoms with E-state index in [2.05, 4.69) is 225 Å². The SMILES string of the molecule is CC1(C)c2ccccc2C2(c3ccccc3-c3ccc(-c4ccc(N(c5ccc(-c6ccccc6)cc5)c5cccc6c5oc5ccccc56)cc4)cc32)c2ccccc21. The maximum absolute atomic E-state index is 6.64. The largest absolute Gasteiger partial charge is 0.454 e. The van der Waals surface area contributed by atoms with Gasteiger partial charge in [-0.2, -0.15) is 0 Å². The van der Waals surface area contributed by atoms with Crippen LogP contribution in [0.4, 0.5) is 17.1 Å². The summed E-state index contributed by atoms with van der Waals surface area (Å²) in [7, 11) is 0. The minimum absolute atomic E-state index is 0.135. The Kier molecular flexibility index (Phi) is 7.52. The number of nitrogens with zero attached hydrogens (tertiary/aromatic N) is 1. The van der Waals surface area contributed by atoms with Gasteiger partial charge in [0.15, 0.2) is 5.58 Å². The summed E-state index contributed by atoms with van der Waals surface area (Å²) in [6.07, 6.45) is 0. The zero-order chi connectivity index (χ0) is 40.0. The van der Waals surface area contributed by atoms with Crippen LogP contribution in [-0.4, -0.2) is 0 Å². The van der Waals surface area contributed by atoms with Crippen molar-refractivity contribution in [1.82, 2.24) is 0 Å². The Hall–Kier alpha value is -7.42. The van der Waals surface area contributed by atoms with Crippen LogP contribution in [0.3, 0.4) is 0 Å². The minimum Gasteiger partial charge on any atom is -0.454 e. The molecule has 0 saturated carbocycles. The molecule has 0 aliphatic heterocycles. The van der Waals surface area contributed by atoms with E-state index in [1.165, 1.54) is 66.8 Å². The molecule has 0 radical (unpaired) electrons. The first kappa shape index (κ1) is 34.6. The standard InChI is InChI=1S/C58H41NO/c1-57(2)49-21-9-11-23-51(49)58(52-24-12-10-22-50(52)57)48-20-8-6-17-44(48)45-36-31-41(37-53(45)58)40-29-34-43(35-30-40)59(42-32-27-39(28-33-42)38-15-4-3-5-16-38)54-25-14-19-47-46-18-7-13-26-55(46)60-56(47)54/h3-37H,1-2H3. The fraction of sp³-hybridized carbons (Fsp3) is 0.0690. The van der Waals surface area contributed by atoms with Gasteiger partial charge in [-0.25, -0.2) is 0 Å². The molecule has 2 nitrogen and oxygen atoms in total. The summed E-state index contributed by atoms with van der Waals surface area (Å²) in [5, 5.41) is 2.22. The van der Waals surface area contributed by atoms with Gasteiger partial charge in [0.25, 0.3) is 0 Å². The number of rotatable bonds is 5. The lowest BCUT2D eigenvalue weighted by atomic mass is 9.55. The van der Waals surface area contributed by atoms with Crippen LogP contribution in [0.5, 0.6) is 0 Å². The molecule has 0 N–H and O–H groups in total. The summed E-state index contributed by atoms with van der Waals surface area (Å²) in [6, 6.07) is 77.8. The molecule has 0 bridgehead atoms. The first-order valence-corrected chi connectivity index (χ1v) is 20.9. The minimum atomic E-state index is -0.432. The van der Waals surface area contributed by atoms with E-state index in [9.17, 15) is 0 Å². The second-order valence-corrected chi connectivity index (χ2v) is 16.8. The molecule has 0 fully saturated rings. The van der Waals surface area contributed by atoms with E-state index < -0.39 is 5.41 Å². The fourth-order valence-corrected chi connectivity index (χ4v) is 10.6. The summed E-state index contributed by atoms with van der Waals surface area (Å²) in [4.78, 5) is 2.33. The van der Waals surface area contributed by atoms with Gasteiger partial charge in [0.2, 0.25) is 0 Å². The highest BCUT2D eigenvalue weighted by molar-refractivity contribution is 6.10. The molecular weight excluding hydrogens is 727 g/mol. The molecule has 0 saturated heterocycles. The zero-order valence-corrected chi connectivity index (χ0v) is 33.6. The number of benzene rings is 9. The first-order chi connectivity index (χ1) is 29.5. The van der Waals surface area contributed by atoms with Gasteiger partial charge < -0.3 is 9.32 Å². The van der Waals surface area contributed by atoms with Crippen LogP contribution >= 0.6 is 0 Å². The summed E-state index contributed by atoms with van der Waals surface area (Å²) in [5.74, 6) is 0. The topological polar surface area (TPSA) is 16.4 Å². The third kappa shape index (κ3) is 4.88. The molecule has 1 spiro atoms. The number of hydrogen-bond donors (Lipinski definition) is 0. The van der Waals surface area contributed by atoms with E-state index in [-0.39, 0.29) is 5.41 Å². The van der Waals surface area contributed by atoms with Crippen molar-refractivity contribution >= 4 is 39.0 Å². The molecule has 2 heteroatoms.